The van der Waals surface area contributed by atoms with Crippen LogP contribution in [0.15, 0.2) is 42.7 Å². The van der Waals surface area contributed by atoms with Crippen LogP contribution in [-0.2, 0) is 12.8 Å². The van der Waals surface area contributed by atoms with Crippen LogP contribution in [0.1, 0.15) is 11.1 Å². The van der Waals surface area contributed by atoms with Crippen molar-refractivity contribution >= 4 is 11.6 Å². The molecule has 1 aromatic heterocycles. The van der Waals surface area contributed by atoms with Crippen molar-refractivity contribution in [1.29, 1.82) is 0 Å². The van der Waals surface area contributed by atoms with E-state index in [-0.39, 0.29) is 11.9 Å². The average Bonchev–Trinajstić information content (AvgIpc) is 2.35. The van der Waals surface area contributed by atoms with E-state index in [1.54, 1.807) is 24.5 Å². The summed E-state index contributed by atoms with van der Waals surface area (Å²) in [5.41, 5.74) is 7.54. The van der Waals surface area contributed by atoms with Gasteiger partial charge in [0.15, 0.2) is 0 Å². The van der Waals surface area contributed by atoms with Gasteiger partial charge in [-0.1, -0.05) is 23.7 Å². The van der Waals surface area contributed by atoms with Crippen LogP contribution in [0, 0.1) is 5.82 Å². The molecular weight excluding hydrogens is 251 g/mol. The first-order valence-corrected chi connectivity index (χ1v) is 6.12. The van der Waals surface area contributed by atoms with Gasteiger partial charge in [-0.3, -0.25) is 4.98 Å². The van der Waals surface area contributed by atoms with Crippen molar-refractivity contribution in [2.45, 2.75) is 18.9 Å². The number of pyridine rings is 1. The Hall–Kier alpha value is -1.45. The first-order valence-electron chi connectivity index (χ1n) is 5.74. The van der Waals surface area contributed by atoms with Gasteiger partial charge in [0.1, 0.15) is 5.82 Å². The molecule has 0 aliphatic carbocycles. The molecule has 0 aliphatic rings. The topological polar surface area (TPSA) is 38.9 Å². The van der Waals surface area contributed by atoms with Gasteiger partial charge in [-0.05, 0) is 36.6 Å². The highest BCUT2D eigenvalue weighted by atomic mass is 35.5. The van der Waals surface area contributed by atoms with Gasteiger partial charge in [-0.15, -0.1) is 0 Å². The minimum Gasteiger partial charge on any atom is -0.327 e. The molecule has 1 heterocycles. The summed E-state index contributed by atoms with van der Waals surface area (Å²) in [6.07, 6.45) is 4.55. The number of hydrogen-bond acceptors (Lipinski definition) is 2. The molecule has 0 radical (unpaired) electrons. The Morgan fingerprint density at radius 3 is 2.72 bits per heavy atom. The van der Waals surface area contributed by atoms with Crippen molar-refractivity contribution < 1.29 is 4.39 Å². The number of aromatic nitrogens is 1. The summed E-state index contributed by atoms with van der Waals surface area (Å²) >= 11 is 5.97. The van der Waals surface area contributed by atoms with Crippen LogP contribution >= 0.6 is 11.6 Å². The molecule has 2 rings (SSSR count). The maximum Gasteiger partial charge on any atom is 0.127 e. The zero-order valence-corrected chi connectivity index (χ0v) is 10.6. The van der Waals surface area contributed by atoms with E-state index in [2.05, 4.69) is 4.98 Å². The van der Waals surface area contributed by atoms with Gasteiger partial charge in [0.2, 0.25) is 0 Å². The van der Waals surface area contributed by atoms with Crippen LogP contribution in [-0.4, -0.2) is 11.0 Å². The Kier molecular flexibility index (Phi) is 4.28. The molecule has 2 N–H and O–H groups in total. The third-order valence-corrected chi connectivity index (χ3v) is 3.10. The fourth-order valence-corrected chi connectivity index (χ4v) is 2.12. The minimum absolute atomic E-state index is 0.177. The molecule has 18 heavy (non-hydrogen) atoms. The van der Waals surface area contributed by atoms with Crippen molar-refractivity contribution in [3.05, 3.63) is 64.7 Å². The lowest BCUT2D eigenvalue weighted by Crippen LogP contribution is -2.26. The summed E-state index contributed by atoms with van der Waals surface area (Å²) in [4.78, 5) is 4.02. The summed E-state index contributed by atoms with van der Waals surface area (Å²) in [5, 5.41) is 0.427. The maximum absolute atomic E-state index is 13.6. The van der Waals surface area contributed by atoms with Crippen molar-refractivity contribution in [2.24, 2.45) is 5.73 Å². The standard InChI is InChI=1S/C14H14ClFN2/c15-13-4-1-5-14(16)12(13)8-11(17)7-10-3-2-6-18-9-10/h1-6,9,11H,7-8,17H2. The second-order valence-corrected chi connectivity index (χ2v) is 4.64. The van der Waals surface area contributed by atoms with Crippen LogP contribution in [0.2, 0.25) is 5.02 Å². The van der Waals surface area contributed by atoms with Crippen molar-refractivity contribution in [2.75, 3.05) is 0 Å². The lowest BCUT2D eigenvalue weighted by atomic mass is 10.0. The zero-order chi connectivity index (χ0) is 13.0. The number of halogens is 2. The zero-order valence-electron chi connectivity index (χ0n) is 9.81. The van der Waals surface area contributed by atoms with E-state index in [0.717, 1.165) is 5.56 Å². The van der Waals surface area contributed by atoms with Gasteiger partial charge < -0.3 is 5.73 Å². The summed E-state index contributed by atoms with van der Waals surface area (Å²) in [6, 6.07) is 8.31. The Morgan fingerprint density at radius 2 is 2.06 bits per heavy atom. The molecule has 2 aromatic rings. The van der Waals surface area contributed by atoms with E-state index in [4.69, 9.17) is 17.3 Å². The van der Waals surface area contributed by atoms with Gasteiger partial charge in [0.25, 0.3) is 0 Å². The van der Waals surface area contributed by atoms with Crippen LogP contribution < -0.4 is 5.73 Å². The number of nitrogens with two attached hydrogens (primary N) is 1. The molecule has 0 saturated heterocycles. The lowest BCUT2D eigenvalue weighted by Gasteiger charge is -2.13. The second kappa shape index (κ2) is 5.94. The van der Waals surface area contributed by atoms with Gasteiger partial charge >= 0.3 is 0 Å². The molecule has 0 spiro atoms. The van der Waals surface area contributed by atoms with Crippen LogP contribution in [0.4, 0.5) is 4.39 Å². The van der Waals surface area contributed by atoms with Crippen LogP contribution in [0.25, 0.3) is 0 Å². The smallest absolute Gasteiger partial charge is 0.127 e. The van der Waals surface area contributed by atoms with E-state index in [1.165, 1.54) is 6.07 Å². The monoisotopic (exact) mass is 264 g/mol. The third kappa shape index (κ3) is 3.28. The minimum atomic E-state index is -0.302. The van der Waals surface area contributed by atoms with Crippen LogP contribution in [0.5, 0.6) is 0 Å². The average molecular weight is 265 g/mol. The highest BCUT2D eigenvalue weighted by Crippen LogP contribution is 2.20. The molecule has 0 amide bonds. The molecule has 1 aromatic carbocycles. The number of benzene rings is 1. The number of nitrogens with zero attached hydrogens (tertiary/aromatic N) is 1. The van der Waals surface area contributed by atoms with E-state index < -0.39 is 0 Å². The van der Waals surface area contributed by atoms with E-state index in [0.29, 0.717) is 23.4 Å². The predicted octanol–water partition coefficient (Wildman–Crippen LogP) is 2.99. The Labute approximate surface area is 111 Å². The quantitative estimate of drug-likeness (QED) is 0.922. The van der Waals surface area contributed by atoms with Crippen LogP contribution in [0.3, 0.4) is 0 Å². The Morgan fingerprint density at radius 1 is 1.22 bits per heavy atom. The van der Waals surface area contributed by atoms with E-state index in [9.17, 15) is 4.39 Å². The normalized spacial score (nSPS) is 12.4. The molecular formula is C14H14ClFN2. The molecule has 1 atom stereocenters. The first kappa shape index (κ1) is 13.0. The second-order valence-electron chi connectivity index (χ2n) is 4.23. The van der Waals surface area contributed by atoms with Crippen molar-refractivity contribution in [1.82, 2.24) is 4.98 Å². The van der Waals surface area contributed by atoms with Gasteiger partial charge in [0.05, 0.1) is 0 Å². The number of rotatable bonds is 4. The van der Waals surface area contributed by atoms with Gasteiger partial charge in [-0.25, -0.2) is 4.39 Å². The van der Waals surface area contributed by atoms with Crippen molar-refractivity contribution in [3.8, 4) is 0 Å². The first-order chi connectivity index (χ1) is 8.66. The highest BCUT2D eigenvalue weighted by Gasteiger charge is 2.12. The predicted molar refractivity (Wildman–Crippen MR) is 71.0 cm³/mol. The summed E-state index contributed by atoms with van der Waals surface area (Å²) < 4.78 is 13.6. The maximum atomic E-state index is 13.6. The molecule has 1 unspecified atom stereocenters. The fourth-order valence-electron chi connectivity index (χ4n) is 1.88. The molecule has 0 bridgehead atoms. The summed E-state index contributed by atoms with van der Waals surface area (Å²) in [7, 11) is 0. The fraction of sp³-hybridized carbons (Fsp3) is 0.214. The molecule has 0 saturated carbocycles. The lowest BCUT2D eigenvalue weighted by molar-refractivity contribution is 0.584. The van der Waals surface area contributed by atoms with E-state index >= 15 is 0 Å². The summed E-state index contributed by atoms with van der Waals surface area (Å²) in [5.74, 6) is -0.302. The SMILES string of the molecule is NC(Cc1cccnc1)Cc1c(F)cccc1Cl. The van der Waals surface area contributed by atoms with E-state index in [1.807, 2.05) is 12.1 Å². The molecule has 2 nitrogen and oxygen atoms in total. The molecule has 4 heteroatoms. The number of hydrogen-bond donors (Lipinski definition) is 1. The largest absolute Gasteiger partial charge is 0.327 e. The highest BCUT2D eigenvalue weighted by molar-refractivity contribution is 6.31. The molecule has 94 valence electrons. The third-order valence-electron chi connectivity index (χ3n) is 2.75. The Bertz CT molecular complexity index is 496. The molecule has 0 fully saturated rings. The van der Waals surface area contributed by atoms with Crippen molar-refractivity contribution in [3.63, 3.8) is 0 Å². The Balaban J connectivity index is 2.06. The van der Waals surface area contributed by atoms with Gasteiger partial charge in [0, 0.05) is 29.0 Å². The summed E-state index contributed by atoms with van der Waals surface area (Å²) in [6.45, 7) is 0. The van der Waals surface area contributed by atoms with Gasteiger partial charge in [-0.2, -0.15) is 0 Å². The molecule has 0 aliphatic heterocycles.